The van der Waals surface area contributed by atoms with Crippen molar-refractivity contribution in [3.63, 3.8) is 0 Å². The van der Waals surface area contributed by atoms with Crippen molar-refractivity contribution in [1.82, 2.24) is 15.5 Å². The number of urea groups is 1. The van der Waals surface area contributed by atoms with Crippen molar-refractivity contribution >= 4 is 11.7 Å². The number of nitrogens with zero attached hydrogens (tertiary/aromatic N) is 2. The number of rotatable bonds is 6. The molecule has 7 nitrogen and oxygen atoms in total. The second-order valence-electron chi connectivity index (χ2n) is 6.52. The lowest BCUT2D eigenvalue weighted by Gasteiger charge is -2.09. The number of methoxy groups -OCH3 is 1. The molecule has 0 saturated carbocycles. The highest BCUT2D eigenvalue weighted by atomic mass is 16.5. The van der Waals surface area contributed by atoms with E-state index in [0.717, 1.165) is 22.4 Å². The summed E-state index contributed by atoms with van der Waals surface area (Å²) in [5, 5.41) is 13.9. The first kappa shape index (κ1) is 19.2. The average Bonchev–Trinajstić information content (AvgIpc) is 3.29. The molecule has 0 radical (unpaired) electrons. The van der Waals surface area contributed by atoms with Gasteiger partial charge in [-0.15, -0.1) is 10.2 Å². The Morgan fingerprint density at radius 2 is 1.63 bits per heavy atom. The van der Waals surface area contributed by atoms with Crippen molar-refractivity contribution in [3.05, 3.63) is 84.4 Å². The Labute approximate surface area is 173 Å². The summed E-state index contributed by atoms with van der Waals surface area (Å²) in [6.45, 7) is 0.382. The van der Waals surface area contributed by atoms with Gasteiger partial charge in [0.1, 0.15) is 5.75 Å². The lowest BCUT2D eigenvalue weighted by Crippen LogP contribution is -2.28. The molecule has 2 N–H and O–H groups in total. The molecule has 1 heterocycles. The molecule has 0 unspecified atom stereocenters. The van der Waals surface area contributed by atoms with Gasteiger partial charge >= 0.3 is 6.03 Å². The third-order valence-electron chi connectivity index (χ3n) is 4.40. The quantitative estimate of drug-likeness (QED) is 0.488. The molecular weight excluding hydrogens is 380 g/mol. The van der Waals surface area contributed by atoms with E-state index in [1.165, 1.54) is 0 Å². The monoisotopic (exact) mass is 400 g/mol. The Bertz CT molecular complexity index is 1140. The van der Waals surface area contributed by atoms with Gasteiger partial charge < -0.3 is 19.8 Å². The Morgan fingerprint density at radius 3 is 2.43 bits per heavy atom. The fourth-order valence-electron chi connectivity index (χ4n) is 2.91. The van der Waals surface area contributed by atoms with Crippen molar-refractivity contribution in [3.8, 4) is 28.7 Å². The van der Waals surface area contributed by atoms with Crippen LogP contribution in [-0.2, 0) is 6.54 Å². The zero-order valence-electron chi connectivity index (χ0n) is 16.3. The number of anilines is 1. The van der Waals surface area contributed by atoms with E-state index in [4.69, 9.17) is 9.15 Å². The molecule has 0 atom stereocenters. The standard InChI is InChI=1S/C23H20N4O3/c1-29-20-12-5-7-16(13-20)15-24-23(28)25-19-11-6-10-18(14-19)22-27-26-21(30-22)17-8-3-2-4-9-17/h2-14H,15H2,1H3,(H2,24,25,28). The summed E-state index contributed by atoms with van der Waals surface area (Å²) in [5.74, 6) is 1.58. The molecule has 0 aliphatic heterocycles. The molecule has 0 fully saturated rings. The number of hydrogen-bond donors (Lipinski definition) is 2. The van der Waals surface area contributed by atoms with Crippen LogP contribution in [0.2, 0.25) is 0 Å². The molecule has 150 valence electrons. The second-order valence-corrected chi connectivity index (χ2v) is 6.52. The summed E-state index contributed by atoms with van der Waals surface area (Å²) in [6.07, 6.45) is 0. The Hall–Kier alpha value is -4.13. The van der Waals surface area contributed by atoms with Gasteiger partial charge in [0, 0.05) is 23.4 Å². The normalized spacial score (nSPS) is 10.4. The first-order valence-corrected chi connectivity index (χ1v) is 9.38. The lowest BCUT2D eigenvalue weighted by molar-refractivity contribution is 0.251. The van der Waals surface area contributed by atoms with Crippen molar-refractivity contribution in [2.24, 2.45) is 0 Å². The van der Waals surface area contributed by atoms with Crippen LogP contribution in [0.15, 0.2) is 83.3 Å². The largest absolute Gasteiger partial charge is 0.497 e. The highest BCUT2D eigenvalue weighted by molar-refractivity contribution is 5.89. The summed E-state index contributed by atoms with van der Waals surface area (Å²) in [4.78, 5) is 12.3. The minimum atomic E-state index is -0.314. The van der Waals surface area contributed by atoms with Crippen LogP contribution in [0.5, 0.6) is 5.75 Å². The zero-order chi connectivity index (χ0) is 20.8. The van der Waals surface area contributed by atoms with Gasteiger partial charge in [0.25, 0.3) is 0 Å². The molecule has 0 bridgehead atoms. The van der Waals surface area contributed by atoms with Gasteiger partial charge in [-0.3, -0.25) is 0 Å². The molecule has 7 heteroatoms. The fourth-order valence-corrected chi connectivity index (χ4v) is 2.91. The number of hydrogen-bond acceptors (Lipinski definition) is 5. The number of aromatic nitrogens is 2. The third-order valence-corrected chi connectivity index (χ3v) is 4.40. The van der Waals surface area contributed by atoms with Crippen LogP contribution in [0.1, 0.15) is 5.56 Å². The van der Waals surface area contributed by atoms with Crippen LogP contribution in [0.25, 0.3) is 22.9 Å². The van der Waals surface area contributed by atoms with E-state index >= 15 is 0 Å². The molecule has 30 heavy (non-hydrogen) atoms. The van der Waals surface area contributed by atoms with Crippen LogP contribution < -0.4 is 15.4 Å². The Kier molecular flexibility index (Phi) is 5.70. The fraction of sp³-hybridized carbons (Fsp3) is 0.0870. The van der Waals surface area contributed by atoms with Gasteiger partial charge in [-0.2, -0.15) is 0 Å². The molecule has 2 amide bonds. The van der Waals surface area contributed by atoms with E-state index in [-0.39, 0.29) is 6.03 Å². The molecular formula is C23H20N4O3. The molecule has 3 aromatic carbocycles. The van der Waals surface area contributed by atoms with Crippen molar-refractivity contribution in [2.45, 2.75) is 6.54 Å². The Morgan fingerprint density at radius 1 is 0.900 bits per heavy atom. The first-order chi connectivity index (χ1) is 14.7. The predicted octanol–water partition coefficient (Wildman–Crippen LogP) is 4.73. The number of ether oxygens (including phenoxy) is 1. The van der Waals surface area contributed by atoms with E-state index in [1.807, 2.05) is 66.7 Å². The number of carbonyl (C=O) groups is 1. The maximum absolute atomic E-state index is 12.3. The van der Waals surface area contributed by atoms with E-state index in [0.29, 0.717) is 24.0 Å². The van der Waals surface area contributed by atoms with Crippen molar-refractivity contribution in [2.75, 3.05) is 12.4 Å². The highest BCUT2D eigenvalue weighted by Crippen LogP contribution is 2.25. The van der Waals surface area contributed by atoms with Gasteiger partial charge in [0.05, 0.1) is 7.11 Å². The lowest BCUT2D eigenvalue weighted by atomic mass is 10.2. The van der Waals surface area contributed by atoms with Crippen LogP contribution in [0, 0.1) is 0 Å². The number of amides is 2. The molecule has 0 aliphatic carbocycles. The van der Waals surface area contributed by atoms with Crippen molar-refractivity contribution in [1.29, 1.82) is 0 Å². The SMILES string of the molecule is COc1cccc(CNC(=O)Nc2cccc(-c3nnc(-c4ccccc4)o3)c2)c1. The predicted molar refractivity (Wildman–Crippen MR) is 114 cm³/mol. The minimum Gasteiger partial charge on any atom is -0.497 e. The van der Waals surface area contributed by atoms with Gasteiger partial charge in [0.15, 0.2) is 0 Å². The maximum Gasteiger partial charge on any atom is 0.319 e. The van der Waals surface area contributed by atoms with E-state index < -0.39 is 0 Å². The van der Waals surface area contributed by atoms with Crippen LogP contribution in [-0.4, -0.2) is 23.3 Å². The smallest absolute Gasteiger partial charge is 0.319 e. The third kappa shape index (κ3) is 4.64. The molecule has 4 rings (SSSR count). The zero-order valence-corrected chi connectivity index (χ0v) is 16.3. The minimum absolute atomic E-state index is 0.314. The van der Waals surface area contributed by atoms with Gasteiger partial charge in [-0.25, -0.2) is 4.79 Å². The van der Waals surface area contributed by atoms with Crippen molar-refractivity contribution < 1.29 is 13.9 Å². The van der Waals surface area contributed by atoms with Crippen LogP contribution in [0.4, 0.5) is 10.5 Å². The van der Waals surface area contributed by atoms with Crippen LogP contribution in [0.3, 0.4) is 0 Å². The molecule has 1 aromatic heterocycles. The van der Waals surface area contributed by atoms with Gasteiger partial charge in [-0.05, 0) is 48.0 Å². The molecule has 0 spiro atoms. The molecule has 0 aliphatic rings. The van der Waals surface area contributed by atoms with E-state index in [2.05, 4.69) is 20.8 Å². The summed E-state index contributed by atoms with van der Waals surface area (Å²) in [7, 11) is 1.61. The van der Waals surface area contributed by atoms with Crippen LogP contribution >= 0.6 is 0 Å². The second kappa shape index (κ2) is 8.91. The van der Waals surface area contributed by atoms with Gasteiger partial charge in [0.2, 0.25) is 11.8 Å². The highest BCUT2D eigenvalue weighted by Gasteiger charge is 2.11. The Balaban J connectivity index is 1.41. The van der Waals surface area contributed by atoms with E-state index in [9.17, 15) is 4.79 Å². The number of nitrogens with one attached hydrogen (secondary N) is 2. The van der Waals surface area contributed by atoms with Gasteiger partial charge in [-0.1, -0.05) is 36.4 Å². The topological polar surface area (TPSA) is 89.3 Å². The summed E-state index contributed by atoms with van der Waals surface area (Å²) in [5.41, 5.74) is 3.13. The number of benzene rings is 3. The summed E-state index contributed by atoms with van der Waals surface area (Å²) in [6, 6.07) is 24.0. The molecule has 0 saturated heterocycles. The summed E-state index contributed by atoms with van der Waals surface area (Å²) < 4.78 is 11.0. The summed E-state index contributed by atoms with van der Waals surface area (Å²) >= 11 is 0. The maximum atomic E-state index is 12.3. The molecule has 4 aromatic rings. The van der Waals surface area contributed by atoms with E-state index in [1.54, 1.807) is 19.2 Å². The first-order valence-electron chi connectivity index (χ1n) is 9.38. The number of carbonyl (C=O) groups excluding carboxylic acids is 1. The average molecular weight is 400 g/mol.